The Labute approximate surface area is 242 Å². The number of carbonyl (C=O) groups excluding carboxylic acids is 2. The number of ether oxygens (including phenoxy) is 2. The average molecular weight is 569 g/mol. The molecule has 0 radical (unpaired) electrons. The van der Waals surface area contributed by atoms with E-state index in [1.807, 2.05) is 25.1 Å². The molecule has 0 fully saturated rings. The SMILES string of the molecule is CCCCCCCCCc1ccc(C(Sc2ccc3c(C)c(C(=O)OC)oc3c2)C(O)CCCC(=O)OC)cc1. The van der Waals surface area contributed by atoms with E-state index in [4.69, 9.17) is 13.9 Å². The molecule has 0 saturated heterocycles. The van der Waals surface area contributed by atoms with Gasteiger partial charge in [-0.1, -0.05) is 69.7 Å². The van der Waals surface area contributed by atoms with Gasteiger partial charge in [-0.15, -0.1) is 11.8 Å². The predicted octanol–water partition coefficient (Wildman–Crippen LogP) is 8.36. The Morgan fingerprint density at radius 1 is 0.925 bits per heavy atom. The number of hydrogen-bond acceptors (Lipinski definition) is 7. The number of carbonyl (C=O) groups is 2. The van der Waals surface area contributed by atoms with E-state index in [9.17, 15) is 14.7 Å². The first kappa shape index (κ1) is 31.8. The van der Waals surface area contributed by atoms with Crippen LogP contribution in [-0.2, 0) is 20.7 Å². The average Bonchev–Trinajstić information content (AvgIpc) is 3.30. The lowest BCUT2D eigenvalue weighted by atomic mass is 9.99. The fraction of sp³-hybridized carbons (Fsp3) is 0.515. The van der Waals surface area contributed by atoms with Crippen molar-refractivity contribution in [2.45, 2.75) is 101 Å². The van der Waals surface area contributed by atoms with Gasteiger partial charge in [0.15, 0.2) is 0 Å². The maximum Gasteiger partial charge on any atom is 0.374 e. The summed E-state index contributed by atoms with van der Waals surface area (Å²) >= 11 is 1.55. The van der Waals surface area contributed by atoms with Gasteiger partial charge in [-0.2, -0.15) is 0 Å². The first-order valence-corrected chi connectivity index (χ1v) is 15.4. The highest BCUT2D eigenvalue weighted by Gasteiger charge is 2.24. The van der Waals surface area contributed by atoms with Crippen molar-refractivity contribution in [2.75, 3.05) is 14.2 Å². The molecule has 40 heavy (non-hydrogen) atoms. The van der Waals surface area contributed by atoms with Gasteiger partial charge >= 0.3 is 11.9 Å². The summed E-state index contributed by atoms with van der Waals surface area (Å²) in [7, 11) is 2.71. The second-order valence-electron chi connectivity index (χ2n) is 10.4. The highest BCUT2D eigenvalue weighted by molar-refractivity contribution is 7.99. The van der Waals surface area contributed by atoms with Crippen molar-refractivity contribution in [3.05, 3.63) is 64.9 Å². The van der Waals surface area contributed by atoms with Gasteiger partial charge in [0.1, 0.15) is 5.58 Å². The lowest BCUT2D eigenvalue weighted by Crippen LogP contribution is -2.17. The van der Waals surface area contributed by atoms with Crippen molar-refractivity contribution >= 4 is 34.7 Å². The topological polar surface area (TPSA) is 86.0 Å². The molecule has 0 bridgehead atoms. The van der Waals surface area contributed by atoms with Crippen LogP contribution < -0.4 is 0 Å². The number of aliphatic hydroxyl groups is 1. The number of unbranched alkanes of at least 4 members (excludes halogenated alkanes) is 6. The Kier molecular flexibility index (Phi) is 13.1. The third kappa shape index (κ3) is 9.13. The second kappa shape index (κ2) is 16.5. The van der Waals surface area contributed by atoms with Gasteiger partial charge in [-0.05, 0) is 61.9 Å². The molecule has 0 aliphatic rings. The number of fused-ring (bicyclic) bond motifs is 1. The summed E-state index contributed by atoms with van der Waals surface area (Å²) in [5.74, 6) is -0.569. The van der Waals surface area contributed by atoms with E-state index >= 15 is 0 Å². The molecule has 6 nitrogen and oxygen atoms in total. The molecule has 218 valence electrons. The number of rotatable bonds is 17. The minimum absolute atomic E-state index is 0.204. The smallest absolute Gasteiger partial charge is 0.374 e. The monoisotopic (exact) mass is 568 g/mol. The molecule has 3 rings (SSSR count). The van der Waals surface area contributed by atoms with E-state index in [-0.39, 0.29) is 23.4 Å². The molecule has 0 aliphatic heterocycles. The molecular weight excluding hydrogens is 524 g/mol. The zero-order chi connectivity index (χ0) is 28.9. The number of hydrogen-bond donors (Lipinski definition) is 1. The van der Waals surface area contributed by atoms with E-state index in [1.54, 1.807) is 11.8 Å². The highest BCUT2D eigenvalue weighted by atomic mass is 32.2. The van der Waals surface area contributed by atoms with Crippen molar-refractivity contribution in [3.8, 4) is 0 Å². The Bertz CT molecular complexity index is 1220. The summed E-state index contributed by atoms with van der Waals surface area (Å²) in [5.41, 5.74) is 3.69. The fourth-order valence-electron chi connectivity index (χ4n) is 4.95. The third-order valence-electron chi connectivity index (χ3n) is 7.38. The fourth-order valence-corrected chi connectivity index (χ4v) is 6.15. The van der Waals surface area contributed by atoms with Gasteiger partial charge in [0.25, 0.3) is 0 Å². The van der Waals surface area contributed by atoms with E-state index in [2.05, 4.69) is 31.2 Å². The molecular formula is C33H44O6S. The van der Waals surface area contributed by atoms with Crippen LogP contribution in [0.4, 0.5) is 0 Å². The molecule has 2 atom stereocenters. The Morgan fingerprint density at radius 2 is 1.62 bits per heavy atom. The van der Waals surface area contributed by atoms with Gasteiger partial charge in [0.2, 0.25) is 5.76 Å². The van der Waals surface area contributed by atoms with Crippen molar-refractivity contribution in [3.63, 3.8) is 0 Å². The van der Waals surface area contributed by atoms with Crippen LogP contribution >= 0.6 is 11.8 Å². The van der Waals surface area contributed by atoms with E-state index in [0.717, 1.165) is 27.8 Å². The number of aryl methyl sites for hydroxylation is 2. The minimum atomic E-state index is -0.664. The quantitative estimate of drug-likeness (QED) is 0.0994. The lowest BCUT2D eigenvalue weighted by molar-refractivity contribution is -0.140. The largest absolute Gasteiger partial charge is 0.469 e. The number of thioether (sulfide) groups is 1. The van der Waals surface area contributed by atoms with Crippen molar-refractivity contribution < 1.29 is 28.6 Å². The standard InChI is InChI=1S/C33H44O6S/c1-5-6-7-8-9-10-11-13-24-16-18-25(19-17-24)32(28(34)14-12-15-30(35)37-3)40-26-20-21-27-23(2)31(33(36)38-4)39-29(27)22-26/h16-22,28,32,34H,5-15H2,1-4H3. The van der Waals surface area contributed by atoms with Crippen LogP contribution in [0.2, 0.25) is 0 Å². The van der Waals surface area contributed by atoms with Crippen LogP contribution in [0.25, 0.3) is 11.0 Å². The first-order valence-electron chi connectivity index (χ1n) is 14.5. The van der Waals surface area contributed by atoms with Crippen molar-refractivity contribution in [1.29, 1.82) is 0 Å². The van der Waals surface area contributed by atoms with Crippen molar-refractivity contribution in [1.82, 2.24) is 0 Å². The van der Waals surface area contributed by atoms with E-state index < -0.39 is 12.1 Å². The normalized spacial score (nSPS) is 12.8. The minimum Gasteiger partial charge on any atom is -0.469 e. The van der Waals surface area contributed by atoms with Crippen LogP contribution in [0.5, 0.6) is 0 Å². The molecule has 7 heteroatoms. The molecule has 2 aromatic carbocycles. The summed E-state index contributed by atoms with van der Waals surface area (Å²) in [4.78, 5) is 24.6. The van der Waals surface area contributed by atoms with Crippen LogP contribution in [0.1, 0.15) is 104 Å². The predicted molar refractivity (Wildman–Crippen MR) is 161 cm³/mol. The van der Waals surface area contributed by atoms with Crippen LogP contribution in [0.15, 0.2) is 51.8 Å². The van der Waals surface area contributed by atoms with Gasteiger partial charge in [0.05, 0.1) is 25.6 Å². The molecule has 0 aliphatic carbocycles. The molecule has 3 aromatic rings. The van der Waals surface area contributed by atoms with Gasteiger partial charge in [0, 0.05) is 22.3 Å². The molecule has 0 amide bonds. The lowest BCUT2D eigenvalue weighted by Gasteiger charge is -2.23. The Morgan fingerprint density at radius 3 is 2.30 bits per heavy atom. The second-order valence-corrected chi connectivity index (χ2v) is 11.6. The van der Waals surface area contributed by atoms with E-state index in [0.29, 0.717) is 18.4 Å². The summed E-state index contributed by atoms with van der Waals surface area (Å²) in [6.45, 7) is 4.08. The number of aliphatic hydroxyl groups excluding tert-OH is 1. The highest BCUT2D eigenvalue weighted by Crippen LogP contribution is 2.41. The van der Waals surface area contributed by atoms with Crippen LogP contribution in [0, 0.1) is 6.92 Å². The molecule has 1 N–H and O–H groups in total. The molecule has 1 heterocycles. The summed E-state index contributed by atoms with van der Waals surface area (Å²) in [6.07, 6.45) is 10.7. The van der Waals surface area contributed by atoms with Gasteiger partial charge < -0.3 is 19.0 Å². The molecule has 2 unspecified atom stereocenters. The van der Waals surface area contributed by atoms with Gasteiger partial charge in [-0.25, -0.2) is 4.79 Å². The number of esters is 2. The number of benzene rings is 2. The molecule has 1 aromatic heterocycles. The summed E-state index contributed by atoms with van der Waals surface area (Å²) < 4.78 is 15.4. The third-order valence-corrected chi connectivity index (χ3v) is 8.75. The summed E-state index contributed by atoms with van der Waals surface area (Å²) in [6, 6.07) is 14.4. The van der Waals surface area contributed by atoms with E-state index in [1.165, 1.54) is 64.7 Å². The summed E-state index contributed by atoms with van der Waals surface area (Å²) in [5, 5.41) is 11.9. The Hall–Kier alpha value is -2.77. The zero-order valence-corrected chi connectivity index (χ0v) is 25.2. The van der Waals surface area contributed by atoms with Crippen LogP contribution in [0.3, 0.4) is 0 Å². The Balaban J connectivity index is 1.73. The van der Waals surface area contributed by atoms with Crippen LogP contribution in [-0.4, -0.2) is 37.4 Å². The number of furan rings is 1. The maximum absolute atomic E-state index is 12.1. The molecule has 0 saturated carbocycles. The maximum atomic E-state index is 12.1. The number of methoxy groups -OCH3 is 2. The van der Waals surface area contributed by atoms with Crippen molar-refractivity contribution in [2.24, 2.45) is 0 Å². The van der Waals surface area contributed by atoms with Gasteiger partial charge in [-0.3, -0.25) is 4.79 Å². The first-order chi connectivity index (χ1) is 19.4. The molecule has 0 spiro atoms. The zero-order valence-electron chi connectivity index (χ0n) is 24.4.